The minimum Gasteiger partial charge on any atom is -0.423 e. The van der Waals surface area contributed by atoms with Crippen LogP contribution in [-0.2, 0) is 5.41 Å². The molecule has 4 nitrogen and oxygen atoms in total. The van der Waals surface area contributed by atoms with Crippen LogP contribution in [0.4, 0.5) is 0 Å². The van der Waals surface area contributed by atoms with E-state index in [1.165, 1.54) is 0 Å². The molecule has 0 atom stereocenters. The summed E-state index contributed by atoms with van der Waals surface area (Å²) in [4.78, 5) is 25.9. The number of hydrogen-bond donors (Lipinski definition) is 0. The van der Waals surface area contributed by atoms with Crippen LogP contribution in [0.5, 0.6) is 11.5 Å². The average molecular weight is 527 g/mol. The Kier molecular flexibility index (Phi) is 7.61. The van der Waals surface area contributed by atoms with Gasteiger partial charge < -0.3 is 9.47 Å². The molecule has 0 N–H and O–H groups in total. The number of ether oxygens (including phenoxy) is 2. The average Bonchev–Trinajstić information content (AvgIpc) is 2.98. The van der Waals surface area contributed by atoms with Crippen LogP contribution >= 0.6 is 0 Å². The zero-order valence-electron chi connectivity index (χ0n) is 22.8. The van der Waals surface area contributed by atoms with Gasteiger partial charge in [0.1, 0.15) is 11.5 Å². The summed E-state index contributed by atoms with van der Waals surface area (Å²) in [5, 5.41) is 0. The van der Waals surface area contributed by atoms with Gasteiger partial charge in [-0.05, 0) is 70.1 Å². The second-order valence-corrected chi connectivity index (χ2v) is 10.6. The van der Waals surface area contributed by atoms with Crippen LogP contribution in [0.2, 0.25) is 0 Å². The highest BCUT2D eigenvalue weighted by Crippen LogP contribution is 2.35. The van der Waals surface area contributed by atoms with E-state index in [2.05, 4.69) is 0 Å². The Hall–Kier alpha value is -4.96. The molecule has 0 spiro atoms. The lowest BCUT2D eigenvalue weighted by Crippen LogP contribution is -2.17. The fraction of sp³-hybridized carbons (Fsp3) is 0.111. The number of hydrogen-bond acceptors (Lipinski definition) is 4. The molecule has 0 saturated heterocycles. The lowest BCUT2D eigenvalue weighted by atomic mass is 9.86. The van der Waals surface area contributed by atoms with Gasteiger partial charge in [-0.3, -0.25) is 0 Å². The Balaban J connectivity index is 1.31. The molecule has 40 heavy (non-hydrogen) atoms. The molecule has 0 radical (unpaired) electrons. The highest BCUT2D eigenvalue weighted by molar-refractivity contribution is 5.93. The van der Waals surface area contributed by atoms with E-state index in [0.717, 1.165) is 27.8 Å². The van der Waals surface area contributed by atoms with Gasteiger partial charge in [-0.1, -0.05) is 106 Å². The monoisotopic (exact) mass is 526 g/mol. The summed E-state index contributed by atoms with van der Waals surface area (Å²) >= 11 is 0. The molecule has 0 saturated carbocycles. The number of carbonyl (C=O) groups is 2. The third-order valence-corrected chi connectivity index (χ3v) is 6.63. The van der Waals surface area contributed by atoms with Gasteiger partial charge in [0.2, 0.25) is 0 Å². The minimum absolute atomic E-state index is 0.369. The third-order valence-electron chi connectivity index (χ3n) is 6.63. The van der Waals surface area contributed by atoms with E-state index in [9.17, 15) is 9.59 Å². The van der Waals surface area contributed by atoms with Gasteiger partial charge in [0.05, 0.1) is 11.1 Å². The maximum atomic E-state index is 13.0. The number of carbonyl (C=O) groups excluding carboxylic acids is 2. The van der Waals surface area contributed by atoms with Crippen LogP contribution in [0.3, 0.4) is 0 Å². The fourth-order valence-corrected chi connectivity index (χ4v) is 4.43. The third kappa shape index (κ3) is 6.19. The second-order valence-electron chi connectivity index (χ2n) is 10.6. The van der Waals surface area contributed by atoms with Gasteiger partial charge in [0, 0.05) is 5.56 Å². The first-order valence-corrected chi connectivity index (χ1v) is 13.2. The SMILES string of the molecule is CC(C)(C)c1cc(OC(=O)c2ccc(-c3ccccc3)cc2)ccc1OC(=O)c1ccc(-c2ccccc2)cc1. The van der Waals surface area contributed by atoms with Crippen LogP contribution in [0.25, 0.3) is 22.3 Å². The van der Waals surface area contributed by atoms with Crippen LogP contribution in [0.1, 0.15) is 47.1 Å². The van der Waals surface area contributed by atoms with Crippen LogP contribution < -0.4 is 9.47 Å². The van der Waals surface area contributed by atoms with E-state index in [1.54, 1.807) is 42.5 Å². The summed E-state index contributed by atoms with van der Waals surface area (Å²) < 4.78 is 11.5. The summed E-state index contributed by atoms with van der Waals surface area (Å²) in [7, 11) is 0. The highest BCUT2D eigenvalue weighted by Gasteiger charge is 2.23. The van der Waals surface area contributed by atoms with E-state index in [-0.39, 0.29) is 5.41 Å². The summed E-state index contributed by atoms with van der Waals surface area (Å²) in [6.45, 7) is 6.05. The van der Waals surface area contributed by atoms with Crippen LogP contribution in [0.15, 0.2) is 127 Å². The van der Waals surface area contributed by atoms with E-state index in [0.29, 0.717) is 22.6 Å². The molecule has 0 aromatic heterocycles. The molecule has 5 aromatic carbocycles. The van der Waals surface area contributed by atoms with Crippen molar-refractivity contribution in [2.75, 3.05) is 0 Å². The molecule has 5 aromatic rings. The quantitative estimate of drug-likeness (QED) is 0.164. The predicted molar refractivity (Wildman–Crippen MR) is 159 cm³/mol. The van der Waals surface area contributed by atoms with Crippen LogP contribution in [-0.4, -0.2) is 11.9 Å². The van der Waals surface area contributed by atoms with Crippen molar-refractivity contribution < 1.29 is 19.1 Å². The molecule has 5 rings (SSSR count). The van der Waals surface area contributed by atoms with Crippen molar-refractivity contribution in [3.63, 3.8) is 0 Å². The molecule has 0 aliphatic carbocycles. The fourth-order valence-electron chi connectivity index (χ4n) is 4.43. The lowest BCUT2D eigenvalue weighted by Gasteiger charge is -2.23. The molecule has 198 valence electrons. The minimum atomic E-state index is -0.456. The van der Waals surface area contributed by atoms with Crippen molar-refractivity contribution in [1.82, 2.24) is 0 Å². The molecule has 0 heterocycles. The maximum absolute atomic E-state index is 13.0. The van der Waals surface area contributed by atoms with Crippen molar-refractivity contribution in [3.05, 3.63) is 144 Å². The summed E-state index contributed by atoms with van der Waals surface area (Å²) in [6, 6.07) is 39.7. The van der Waals surface area contributed by atoms with Gasteiger partial charge in [0.25, 0.3) is 0 Å². The lowest BCUT2D eigenvalue weighted by molar-refractivity contribution is 0.0716. The van der Waals surface area contributed by atoms with Gasteiger partial charge in [-0.15, -0.1) is 0 Å². The largest absolute Gasteiger partial charge is 0.423 e. The molecular weight excluding hydrogens is 496 g/mol. The zero-order chi connectivity index (χ0) is 28.1. The van der Waals surface area contributed by atoms with Gasteiger partial charge >= 0.3 is 11.9 Å². The van der Waals surface area contributed by atoms with E-state index >= 15 is 0 Å². The van der Waals surface area contributed by atoms with Crippen molar-refractivity contribution >= 4 is 11.9 Å². The van der Waals surface area contributed by atoms with Gasteiger partial charge in [0.15, 0.2) is 0 Å². The standard InChI is InChI=1S/C36H30O4/c1-36(2,3)32-24-31(39-34(37)29-18-14-27(15-19-29)25-10-6-4-7-11-25)22-23-33(32)40-35(38)30-20-16-28(17-21-30)26-12-8-5-9-13-26/h4-24H,1-3H3. The number of benzene rings is 5. The Labute approximate surface area is 234 Å². The summed E-state index contributed by atoms with van der Waals surface area (Å²) in [6.07, 6.45) is 0. The smallest absolute Gasteiger partial charge is 0.343 e. The van der Waals surface area contributed by atoms with Crippen molar-refractivity contribution in [2.24, 2.45) is 0 Å². The Morgan fingerprint density at radius 1 is 0.500 bits per heavy atom. The van der Waals surface area contributed by atoms with Crippen LogP contribution in [0, 0.1) is 0 Å². The Morgan fingerprint density at radius 2 is 0.925 bits per heavy atom. The number of rotatable bonds is 6. The molecule has 0 unspecified atom stereocenters. The van der Waals surface area contributed by atoms with Gasteiger partial charge in [-0.2, -0.15) is 0 Å². The highest BCUT2D eigenvalue weighted by atomic mass is 16.5. The normalized spacial score (nSPS) is 11.1. The molecule has 4 heteroatoms. The first-order chi connectivity index (χ1) is 19.3. The molecule has 0 aliphatic heterocycles. The number of esters is 2. The van der Waals surface area contributed by atoms with E-state index < -0.39 is 11.9 Å². The molecule has 0 fully saturated rings. The Morgan fingerprint density at radius 3 is 1.38 bits per heavy atom. The van der Waals surface area contributed by atoms with Gasteiger partial charge in [-0.25, -0.2) is 9.59 Å². The zero-order valence-corrected chi connectivity index (χ0v) is 22.8. The second kappa shape index (κ2) is 11.4. The molecule has 0 bridgehead atoms. The maximum Gasteiger partial charge on any atom is 0.343 e. The summed E-state index contributed by atoms with van der Waals surface area (Å²) in [5.74, 6) is -0.0955. The Bertz CT molecular complexity index is 1610. The first kappa shape index (κ1) is 26.6. The molecule has 0 aliphatic rings. The van der Waals surface area contributed by atoms with Crippen molar-refractivity contribution in [2.45, 2.75) is 26.2 Å². The van der Waals surface area contributed by atoms with E-state index in [4.69, 9.17) is 9.47 Å². The first-order valence-electron chi connectivity index (χ1n) is 13.2. The topological polar surface area (TPSA) is 52.6 Å². The van der Waals surface area contributed by atoms with E-state index in [1.807, 2.05) is 106 Å². The predicted octanol–water partition coefficient (Wildman–Crippen LogP) is 8.76. The summed E-state index contributed by atoms with van der Waals surface area (Å²) in [5.41, 5.74) is 5.49. The van der Waals surface area contributed by atoms with Crippen molar-refractivity contribution in [3.8, 4) is 33.8 Å². The van der Waals surface area contributed by atoms with Crippen molar-refractivity contribution in [1.29, 1.82) is 0 Å². The molecule has 0 amide bonds. The molecular formula is C36H30O4.